The van der Waals surface area contributed by atoms with E-state index < -0.39 is 0 Å². The summed E-state index contributed by atoms with van der Waals surface area (Å²) in [5.41, 5.74) is 2.43. The Morgan fingerprint density at radius 1 is 1.11 bits per heavy atom. The van der Waals surface area contributed by atoms with Crippen molar-refractivity contribution >= 4 is 17.6 Å². The average Bonchev–Trinajstić information content (AvgIpc) is 2.92. The van der Waals surface area contributed by atoms with Crippen molar-refractivity contribution < 1.29 is 14.2 Å². The first kappa shape index (κ1) is 24.4. The minimum Gasteiger partial charge on any atom is -0.490 e. The summed E-state index contributed by atoms with van der Waals surface area (Å²) in [7, 11) is 1.61. The summed E-state index contributed by atoms with van der Waals surface area (Å²) in [6, 6.07) is 13.8. The standard InChI is InChI=1S/C25H24N6O3S/c1-32-11-12-34-19-6-7-22(29-15-19)23-20(13-26)24(31-9-4-10-33-17-31)30-25(21(23)14-27)35-16-18-5-2-3-8-28-18/h2-3,5-8,15H,4,9-12,16-17H2,1H3. The van der Waals surface area contributed by atoms with Gasteiger partial charge < -0.3 is 19.1 Å². The first-order chi connectivity index (χ1) is 17.2. The number of methoxy groups -OCH3 is 1. The van der Waals surface area contributed by atoms with E-state index >= 15 is 0 Å². The number of hydrogen-bond acceptors (Lipinski definition) is 10. The van der Waals surface area contributed by atoms with Crippen molar-refractivity contribution in [3.8, 4) is 29.1 Å². The predicted octanol–water partition coefficient (Wildman–Crippen LogP) is 3.78. The number of aromatic nitrogens is 3. The number of hydrogen-bond donors (Lipinski definition) is 0. The Morgan fingerprint density at radius 2 is 2.00 bits per heavy atom. The topological polar surface area (TPSA) is 117 Å². The molecule has 9 nitrogen and oxygen atoms in total. The summed E-state index contributed by atoms with van der Waals surface area (Å²) >= 11 is 1.41. The van der Waals surface area contributed by atoms with Crippen LogP contribution < -0.4 is 9.64 Å². The SMILES string of the molecule is COCCOc1ccc(-c2c(C#N)c(SCc3ccccn3)nc(N3CCCOC3)c2C#N)nc1. The molecule has 3 aromatic heterocycles. The fraction of sp³-hybridized carbons (Fsp3) is 0.320. The van der Waals surface area contributed by atoms with Crippen LogP contribution in [0.15, 0.2) is 47.8 Å². The van der Waals surface area contributed by atoms with E-state index in [0.717, 1.165) is 12.1 Å². The molecule has 0 radical (unpaired) electrons. The number of rotatable bonds is 9. The lowest BCUT2D eigenvalue weighted by molar-refractivity contribution is 0.106. The average molecular weight is 489 g/mol. The molecule has 0 amide bonds. The Morgan fingerprint density at radius 3 is 2.66 bits per heavy atom. The number of nitriles is 2. The molecule has 0 atom stereocenters. The summed E-state index contributed by atoms with van der Waals surface area (Å²) in [5.74, 6) is 1.60. The van der Waals surface area contributed by atoms with Crippen molar-refractivity contribution in [1.82, 2.24) is 15.0 Å². The molecule has 1 aliphatic heterocycles. The van der Waals surface area contributed by atoms with Crippen LogP contribution in [0.2, 0.25) is 0 Å². The highest BCUT2D eigenvalue weighted by Crippen LogP contribution is 2.38. The lowest BCUT2D eigenvalue weighted by atomic mass is 10.00. The van der Waals surface area contributed by atoms with Gasteiger partial charge in [-0.3, -0.25) is 9.97 Å². The molecule has 0 N–H and O–H groups in total. The maximum atomic E-state index is 10.2. The van der Waals surface area contributed by atoms with E-state index in [9.17, 15) is 10.5 Å². The summed E-state index contributed by atoms with van der Waals surface area (Å²) < 4.78 is 16.2. The zero-order valence-corrected chi connectivity index (χ0v) is 20.1. The van der Waals surface area contributed by atoms with Gasteiger partial charge in [0.05, 0.1) is 36.4 Å². The number of anilines is 1. The summed E-state index contributed by atoms with van der Waals surface area (Å²) in [6.45, 7) is 2.55. The number of thioether (sulfide) groups is 1. The van der Waals surface area contributed by atoms with Crippen LogP contribution in [0.1, 0.15) is 23.2 Å². The van der Waals surface area contributed by atoms with Gasteiger partial charge >= 0.3 is 0 Å². The molecule has 1 saturated heterocycles. The van der Waals surface area contributed by atoms with E-state index in [-0.39, 0.29) is 0 Å². The molecule has 1 aliphatic rings. The normalized spacial score (nSPS) is 13.2. The van der Waals surface area contributed by atoms with Crippen molar-refractivity contribution in [3.63, 3.8) is 0 Å². The lowest BCUT2D eigenvalue weighted by Gasteiger charge is -2.29. The van der Waals surface area contributed by atoms with Gasteiger partial charge in [-0.25, -0.2) is 4.98 Å². The molecule has 0 saturated carbocycles. The first-order valence-corrected chi connectivity index (χ1v) is 12.1. The van der Waals surface area contributed by atoms with E-state index in [0.29, 0.717) is 77.8 Å². The van der Waals surface area contributed by atoms with Crippen LogP contribution >= 0.6 is 11.8 Å². The van der Waals surface area contributed by atoms with Crippen molar-refractivity contribution in [2.24, 2.45) is 0 Å². The second-order valence-electron chi connectivity index (χ2n) is 7.57. The summed E-state index contributed by atoms with van der Waals surface area (Å²) in [6.07, 6.45) is 4.14. The van der Waals surface area contributed by atoms with Gasteiger partial charge in [0.1, 0.15) is 47.6 Å². The van der Waals surface area contributed by atoms with Gasteiger partial charge in [-0.1, -0.05) is 17.8 Å². The Hall–Kier alpha value is -3.70. The maximum Gasteiger partial charge on any atom is 0.150 e. The molecule has 0 aromatic carbocycles. The largest absolute Gasteiger partial charge is 0.490 e. The summed E-state index contributed by atoms with van der Waals surface area (Å²) in [4.78, 5) is 15.6. The lowest BCUT2D eigenvalue weighted by Crippen LogP contribution is -2.34. The van der Waals surface area contributed by atoms with E-state index in [1.54, 1.807) is 31.6 Å². The van der Waals surface area contributed by atoms with Crippen molar-refractivity contribution in [3.05, 3.63) is 59.5 Å². The minimum absolute atomic E-state index is 0.301. The highest BCUT2D eigenvalue weighted by molar-refractivity contribution is 7.98. The zero-order valence-electron chi connectivity index (χ0n) is 19.3. The van der Waals surface area contributed by atoms with Gasteiger partial charge in [-0.05, 0) is 30.7 Å². The number of ether oxygens (including phenoxy) is 3. The van der Waals surface area contributed by atoms with Crippen molar-refractivity contribution in [2.45, 2.75) is 17.2 Å². The van der Waals surface area contributed by atoms with Crippen LogP contribution in [0, 0.1) is 22.7 Å². The highest BCUT2D eigenvalue weighted by Gasteiger charge is 2.26. The van der Waals surface area contributed by atoms with Crippen LogP contribution in [0.25, 0.3) is 11.3 Å². The van der Waals surface area contributed by atoms with Gasteiger partial charge in [0.15, 0.2) is 0 Å². The number of pyridine rings is 3. The molecule has 0 unspecified atom stereocenters. The van der Waals surface area contributed by atoms with E-state index in [2.05, 4.69) is 22.1 Å². The molecule has 10 heteroatoms. The molecule has 4 heterocycles. The predicted molar refractivity (Wildman–Crippen MR) is 131 cm³/mol. The Bertz CT molecular complexity index is 1220. The molecule has 3 aromatic rings. The molecule has 0 bridgehead atoms. The van der Waals surface area contributed by atoms with Crippen LogP contribution in [0.3, 0.4) is 0 Å². The third kappa shape index (κ3) is 5.87. The molecule has 4 rings (SSSR count). The van der Waals surface area contributed by atoms with Gasteiger partial charge in [0.25, 0.3) is 0 Å². The molecule has 0 spiro atoms. The molecular weight excluding hydrogens is 464 g/mol. The van der Waals surface area contributed by atoms with Crippen LogP contribution in [-0.4, -0.2) is 55.2 Å². The Labute approximate surface area is 208 Å². The first-order valence-electron chi connectivity index (χ1n) is 11.1. The van der Waals surface area contributed by atoms with E-state index in [4.69, 9.17) is 19.2 Å². The van der Waals surface area contributed by atoms with Crippen LogP contribution in [0.4, 0.5) is 5.82 Å². The summed E-state index contributed by atoms with van der Waals surface area (Å²) in [5, 5.41) is 20.8. The zero-order chi connectivity index (χ0) is 24.5. The molecular formula is C25H24N6O3S. The molecule has 0 aliphatic carbocycles. The molecule has 35 heavy (non-hydrogen) atoms. The third-order valence-corrected chi connectivity index (χ3v) is 6.27. The third-order valence-electron chi connectivity index (χ3n) is 5.26. The minimum atomic E-state index is 0.301. The van der Waals surface area contributed by atoms with Crippen LogP contribution in [-0.2, 0) is 15.2 Å². The van der Waals surface area contributed by atoms with Gasteiger partial charge in [-0.15, -0.1) is 0 Å². The maximum absolute atomic E-state index is 10.2. The fourth-order valence-electron chi connectivity index (χ4n) is 3.60. The number of nitrogens with zero attached hydrogens (tertiary/aromatic N) is 6. The monoisotopic (exact) mass is 488 g/mol. The van der Waals surface area contributed by atoms with E-state index in [1.807, 2.05) is 23.1 Å². The van der Waals surface area contributed by atoms with Crippen LogP contribution in [0.5, 0.6) is 5.75 Å². The molecule has 178 valence electrons. The molecule has 1 fully saturated rings. The van der Waals surface area contributed by atoms with E-state index in [1.165, 1.54) is 11.8 Å². The Balaban J connectivity index is 1.78. The van der Waals surface area contributed by atoms with Gasteiger partial charge in [0.2, 0.25) is 0 Å². The smallest absolute Gasteiger partial charge is 0.150 e. The second kappa shape index (κ2) is 12.1. The Kier molecular flexibility index (Phi) is 8.47. The van der Waals surface area contributed by atoms with Gasteiger partial charge in [-0.2, -0.15) is 10.5 Å². The van der Waals surface area contributed by atoms with Crippen molar-refractivity contribution in [1.29, 1.82) is 10.5 Å². The second-order valence-corrected chi connectivity index (χ2v) is 8.54. The van der Waals surface area contributed by atoms with Crippen molar-refractivity contribution in [2.75, 3.05) is 45.1 Å². The quantitative estimate of drug-likeness (QED) is 0.325. The van der Waals surface area contributed by atoms with Gasteiger partial charge in [0, 0.05) is 31.2 Å². The highest BCUT2D eigenvalue weighted by atomic mass is 32.2. The fourth-order valence-corrected chi connectivity index (χ4v) is 4.50.